The quantitative estimate of drug-likeness (QED) is 0.838. The molecule has 0 aliphatic carbocycles. The van der Waals surface area contributed by atoms with E-state index in [1.807, 2.05) is 26.0 Å². The Morgan fingerprint density at radius 1 is 1.22 bits per heavy atom. The lowest BCUT2D eigenvalue weighted by atomic mass is 9.89. The first-order valence-electron chi connectivity index (χ1n) is 7.68. The Labute approximate surface area is 134 Å². The zero-order chi connectivity index (χ0) is 17.1. The predicted octanol–water partition coefficient (Wildman–Crippen LogP) is 2.17. The number of rotatable bonds is 6. The fourth-order valence-corrected chi connectivity index (χ4v) is 3.06. The van der Waals surface area contributed by atoms with Crippen LogP contribution in [0.1, 0.15) is 32.3 Å². The molecule has 0 radical (unpaired) electrons. The zero-order valence-corrected chi connectivity index (χ0v) is 13.2. The lowest BCUT2D eigenvalue weighted by molar-refractivity contribution is -0.141. The number of hydrogen-bond donors (Lipinski definition) is 2. The van der Waals surface area contributed by atoms with Crippen molar-refractivity contribution in [3.05, 3.63) is 29.8 Å². The van der Waals surface area contributed by atoms with Crippen LogP contribution in [0.15, 0.2) is 24.3 Å². The first-order chi connectivity index (χ1) is 10.8. The predicted molar refractivity (Wildman–Crippen MR) is 84.3 cm³/mol. The van der Waals surface area contributed by atoms with Crippen LogP contribution in [0.5, 0.6) is 0 Å². The largest absolute Gasteiger partial charge is 0.481 e. The number of carbonyl (C=O) groups excluding carboxylic acids is 1. The summed E-state index contributed by atoms with van der Waals surface area (Å²) in [5, 5.41) is 18.3. The van der Waals surface area contributed by atoms with E-state index in [1.54, 1.807) is 12.1 Å². The van der Waals surface area contributed by atoms with Gasteiger partial charge in [0.15, 0.2) is 0 Å². The van der Waals surface area contributed by atoms with Crippen LogP contribution in [0.25, 0.3) is 0 Å². The van der Waals surface area contributed by atoms with Gasteiger partial charge < -0.3 is 10.2 Å². The number of amides is 1. The third-order valence-electron chi connectivity index (χ3n) is 4.29. The lowest BCUT2D eigenvalue weighted by Gasteiger charge is -2.29. The maximum atomic E-state index is 12.9. The van der Waals surface area contributed by atoms with Crippen LogP contribution in [0.3, 0.4) is 0 Å². The molecule has 124 valence electrons. The molecule has 1 amide bonds. The molecule has 0 bridgehead atoms. The summed E-state index contributed by atoms with van der Waals surface area (Å²) in [5.41, 5.74) is 1.44. The minimum atomic E-state index is -1.05. The van der Waals surface area contributed by atoms with E-state index in [-0.39, 0.29) is 31.1 Å². The van der Waals surface area contributed by atoms with Crippen LogP contribution < -0.4 is 4.90 Å². The lowest BCUT2D eigenvalue weighted by Crippen LogP contribution is -2.46. The number of hydrogen-bond acceptors (Lipinski definition) is 3. The van der Waals surface area contributed by atoms with E-state index in [4.69, 9.17) is 5.11 Å². The normalized spacial score (nSPS) is 17.9. The summed E-state index contributed by atoms with van der Waals surface area (Å²) in [6.07, 6.45) is 0.375. The molecule has 0 spiro atoms. The van der Waals surface area contributed by atoms with Gasteiger partial charge in [-0.3, -0.25) is 14.5 Å². The average Bonchev–Trinajstić information content (AvgIpc) is 2.86. The van der Waals surface area contributed by atoms with Gasteiger partial charge in [0, 0.05) is 24.4 Å². The molecule has 1 aromatic carbocycles. The first kappa shape index (κ1) is 17.0. The van der Waals surface area contributed by atoms with Crippen LogP contribution in [-0.4, -0.2) is 34.1 Å². The molecule has 1 aliphatic rings. The van der Waals surface area contributed by atoms with E-state index in [1.165, 1.54) is 4.90 Å². The number of nitrogens with zero attached hydrogens (tertiary/aromatic N) is 1. The molecule has 2 N–H and O–H groups in total. The number of carbonyl (C=O) groups is 3. The van der Waals surface area contributed by atoms with Gasteiger partial charge in [-0.1, -0.05) is 32.0 Å². The highest BCUT2D eigenvalue weighted by molar-refractivity contribution is 6.03. The van der Waals surface area contributed by atoms with E-state index < -0.39 is 23.9 Å². The molecule has 0 saturated heterocycles. The van der Waals surface area contributed by atoms with Gasteiger partial charge in [0.25, 0.3) is 0 Å². The molecule has 6 heteroatoms. The second kappa shape index (κ2) is 6.81. The third-order valence-corrected chi connectivity index (χ3v) is 4.29. The fourth-order valence-electron chi connectivity index (χ4n) is 3.06. The van der Waals surface area contributed by atoms with Crippen molar-refractivity contribution in [3.63, 3.8) is 0 Å². The Hall–Kier alpha value is -2.37. The van der Waals surface area contributed by atoms with E-state index in [9.17, 15) is 19.5 Å². The maximum Gasteiger partial charge on any atom is 0.327 e. The van der Waals surface area contributed by atoms with Gasteiger partial charge in [0.05, 0.1) is 0 Å². The molecular weight excluding hydrogens is 298 g/mol. The first-order valence-corrected chi connectivity index (χ1v) is 7.68. The number of carboxylic acid groups (broad SMARTS) is 2. The van der Waals surface area contributed by atoms with Crippen LogP contribution >= 0.6 is 0 Å². The van der Waals surface area contributed by atoms with E-state index in [2.05, 4.69) is 0 Å². The van der Waals surface area contributed by atoms with E-state index >= 15 is 0 Å². The highest BCUT2D eigenvalue weighted by atomic mass is 16.4. The molecule has 0 saturated carbocycles. The second-order valence-corrected chi connectivity index (χ2v) is 6.18. The summed E-state index contributed by atoms with van der Waals surface area (Å²) in [6, 6.07) is 6.22. The van der Waals surface area contributed by atoms with Crippen molar-refractivity contribution in [1.82, 2.24) is 0 Å². The van der Waals surface area contributed by atoms with Gasteiger partial charge >= 0.3 is 11.9 Å². The van der Waals surface area contributed by atoms with Gasteiger partial charge in [0.2, 0.25) is 5.91 Å². The monoisotopic (exact) mass is 319 g/mol. The van der Waals surface area contributed by atoms with Gasteiger partial charge in [-0.15, -0.1) is 0 Å². The number of aliphatic carboxylic acids is 2. The highest BCUT2D eigenvalue weighted by Gasteiger charge is 2.41. The fraction of sp³-hybridized carbons (Fsp3) is 0.471. The summed E-state index contributed by atoms with van der Waals surface area (Å²) >= 11 is 0. The molecule has 1 heterocycles. The standard InChI is InChI=1S/C17H21NO5/c1-10(2)12(7-8-15(19)20)16(21)18-13-6-4-3-5-11(13)9-14(18)17(22)23/h3-6,10,12,14H,7-9H2,1-2H3,(H,19,20)(H,22,23)/t12?,14-/m0/s1. The topological polar surface area (TPSA) is 94.9 Å². The van der Waals surface area contributed by atoms with Crippen molar-refractivity contribution < 1.29 is 24.6 Å². The summed E-state index contributed by atoms with van der Waals surface area (Å²) < 4.78 is 0. The summed E-state index contributed by atoms with van der Waals surface area (Å²) in [7, 11) is 0. The third kappa shape index (κ3) is 3.52. The smallest absolute Gasteiger partial charge is 0.327 e. The van der Waals surface area contributed by atoms with Crippen molar-refractivity contribution in [2.45, 2.75) is 39.2 Å². The Kier molecular flexibility index (Phi) is 5.03. The number of para-hydroxylation sites is 1. The zero-order valence-electron chi connectivity index (χ0n) is 13.2. The Morgan fingerprint density at radius 2 is 1.87 bits per heavy atom. The molecule has 23 heavy (non-hydrogen) atoms. The van der Waals surface area contributed by atoms with Crippen LogP contribution in [0.2, 0.25) is 0 Å². The van der Waals surface area contributed by atoms with Gasteiger partial charge in [-0.05, 0) is 24.0 Å². The minimum absolute atomic E-state index is 0.0657. The van der Waals surface area contributed by atoms with Crippen molar-refractivity contribution in [2.24, 2.45) is 11.8 Å². The van der Waals surface area contributed by atoms with Gasteiger partial charge in [-0.2, -0.15) is 0 Å². The number of benzene rings is 1. The van der Waals surface area contributed by atoms with Crippen LogP contribution in [0, 0.1) is 11.8 Å². The molecule has 0 fully saturated rings. The highest BCUT2D eigenvalue weighted by Crippen LogP contribution is 2.35. The molecule has 2 atom stereocenters. The summed E-state index contributed by atoms with van der Waals surface area (Å²) in [4.78, 5) is 36.7. The number of carboxylic acids is 2. The number of fused-ring (bicyclic) bond motifs is 1. The SMILES string of the molecule is CC(C)C(CCC(=O)O)C(=O)N1c2ccccc2C[C@H]1C(=O)O. The molecule has 1 aliphatic heterocycles. The summed E-state index contributed by atoms with van der Waals surface area (Å²) in [6.45, 7) is 3.70. The van der Waals surface area contributed by atoms with Gasteiger partial charge in [0.1, 0.15) is 6.04 Å². The molecule has 6 nitrogen and oxygen atoms in total. The van der Waals surface area contributed by atoms with Crippen molar-refractivity contribution >= 4 is 23.5 Å². The Bertz CT molecular complexity index is 625. The molecular formula is C17H21NO5. The van der Waals surface area contributed by atoms with E-state index in [0.29, 0.717) is 5.69 Å². The average molecular weight is 319 g/mol. The van der Waals surface area contributed by atoms with Crippen LogP contribution in [-0.2, 0) is 20.8 Å². The molecule has 2 rings (SSSR count). The van der Waals surface area contributed by atoms with Crippen molar-refractivity contribution in [1.29, 1.82) is 0 Å². The van der Waals surface area contributed by atoms with Crippen molar-refractivity contribution in [3.8, 4) is 0 Å². The summed E-state index contributed by atoms with van der Waals surface area (Å²) in [5.74, 6) is -2.89. The van der Waals surface area contributed by atoms with Crippen LogP contribution in [0.4, 0.5) is 5.69 Å². The second-order valence-electron chi connectivity index (χ2n) is 6.18. The van der Waals surface area contributed by atoms with Gasteiger partial charge in [-0.25, -0.2) is 4.79 Å². The molecule has 0 aromatic heterocycles. The maximum absolute atomic E-state index is 12.9. The van der Waals surface area contributed by atoms with Crippen molar-refractivity contribution in [2.75, 3.05) is 4.90 Å². The molecule has 1 aromatic rings. The Balaban J connectivity index is 2.33. The molecule has 1 unspecified atom stereocenters. The number of anilines is 1. The Morgan fingerprint density at radius 3 is 2.43 bits per heavy atom. The minimum Gasteiger partial charge on any atom is -0.481 e. The van der Waals surface area contributed by atoms with E-state index in [0.717, 1.165) is 5.56 Å².